The molecule has 9 aromatic rings. The van der Waals surface area contributed by atoms with Crippen LogP contribution in [-0.4, -0.2) is 15.0 Å². The first-order valence-electron chi connectivity index (χ1n) is 16.0. The van der Waals surface area contributed by atoms with Gasteiger partial charge in [-0.15, -0.1) is 95.6 Å². The molecule has 0 fully saturated rings. The van der Waals surface area contributed by atoms with Gasteiger partial charge in [0.25, 0.3) is 0 Å². The summed E-state index contributed by atoms with van der Waals surface area (Å²) in [5.41, 5.74) is 5.33. The molecule has 0 unspecified atom stereocenters. The minimum atomic E-state index is -0.283. The normalized spacial score (nSPS) is 10.4. The molecular weight excluding hydrogens is 813 g/mol. The van der Waals surface area contributed by atoms with E-state index in [1.54, 1.807) is 24.5 Å². The number of nitrogens with zero attached hydrogens (tertiary/aromatic N) is 3. The van der Waals surface area contributed by atoms with Crippen molar-refractivity contribution in [1.82, 2.24) is 15.0 Å². The maximum Gasteiger partial charge on any atom is 3.00 e. The van der Waals surface area contributed by atoms with Crippen molar-refractivity contribution in [3.63, 3.8) is 0 Å². The molecule has 0 radical (unpaired) electrons. The number of hydrogen-bond acceptors (Lipinski definition) is 3. The molecule has 0 N–H and O–H groups in total. The van der Waals surface area contributed by atoms with Gasteiger partial charge in [-0.25, -0.2) is 0 Å². The van der Waals surface area contributed by atoms with E-state index in [9.17, 15) is 8.78 Å². The predicted molar refractivity (Wildman–Crippen MR) is 198 cm³/mol. The van der Waals surface area contributed by atoms with Crippen molar-refractivity contribution >= 4 is 32.3 Å². The fourth-order valence-electron chi connectivity index (χ4n) is 5.65. The molecule has 3 nitrogen and oxygen atoms in total. The van der Waals surface area contributed by atoms with Crippen LogP contribution in [0.25, 0.3) is 66.1 Å². The number of benzene rings is 6. The molecule has 0 saturated heterocycles. The summed E-state index contributed by atoms with van der Waals surface area (Å²) in [6.45, 7) is 0. The summed E-state index contributed by atoms with van der Waals surface area (Å²) in [4.78, 5) is 13.2. The summed E-state index contributed by atoms with van der Waals surface area (Å²) in [6, 6.07) is 56.1. The molecule has 0 bridgehead atoms. The van der Waals surface area contributed by atoms with Crippen LogP contribution in [0.2, 0.25) is 0 Å². The van der Waals surface area contributed by atoms with Crippen LogP contribution in [0.15, 0.2) is 170 Å². The standard InChI is InChI=1S/2C15H9FN.C15H10N.Ir/c2*16-13-7-5-12(6-8-13)15-14-4-2-1-3-11(14)9-10-17-15;1-2-7-13(8-3-1)15-14-9-5-4-6-12(14)10-11-16-15;/h2*1-5,7-10H;1-7,9-11H;/q3*-1;+3. The van der Waals surface area contributed by atoms with E-state index in [2.05, 4.69) is 45.3 Å². The molecule has 0 spiro atoms. The molecule has 51 heavy (non-hydrogen) atoms. The molecule has 0 aliphatic carbocycles. The van der Waals surface area contributed by atoms with Crippen molar-refractivity contribution in [3.05, 3.63) is 200 Å². The van der Waals surface area contributed by atoms with E-state index < -0.39 is 0 Å². The van der Waals surface area contributed by atoms with Gasteiger partial charge in [-0.1, -0.05) is 72.8 Å². The van der Waals surface area contributed by atoms with E-state index in [-0.39, 0.29) is 31.7 Å². The molecule has 6 aromatic carbocycles. The fraction of sp³-hybridized carbons (Fsp3) is 0. The zero-order chi connectivity index (χ0) is 34.1. The van der Waals surface area contributed by atoms with Gasteiger partial charge >= 0.3 is 20.1 Å². The third-order valence-corrected chi connectivity index (χ3v) is 8.04. The summed E-state index contributed by atoms with van der Waals surface area (Å²) in [5.74, 6) is -0.567. The second-order valence-corrected chi connectivity index (χ2v) is 11.3. The van der Waals surface area contributed by atoms with Crippen LogP contribution in [0, 0.1) is 29.8 Å². The summed E-state index contributed by atoms with van der Waals surface area (Å²) >= 11 is 0. The number of fused-ring (bicyclic) bond motifs is 3. The van der Waals surface area contributed by atoms with Gasteiger partial charge in [-0.05, 0) is 67.6 Å². The van der Waals surface area contributed by atoms with E-state index in [1.807, 2.05) is 109 Å². The van der Waals surface area contributed by atoms with E-state index in [4.69, 9.17) is 0 Å². The number of pyridine rings is 3. The average molecular weight is 841 g/mol. The van der Waals surface area contributed by atoms with E-state index in [0.717, 1.165) is 55.3 Å². The summed E-state index contributed by atoms with van der Waals surface area (Å²) in [5, 5.41) is 6.73. The third-order valence-electron chi connectivity index (χ3n) is 8.04. The first-order chi connectivity index (χ1) is 24.6. The number of halogens is 2. The predicted octanol–water partition coefficient (Wildman–Crippen LogP) is 11.4. The molecule has 6 heteroatoms. The zero-order valence-corrected chi connectivity index (χ0v) is 29.5. The average Bonchev–Trinajstić information content (AvgIpc) is 3.19. The largest absolute Gasteiger partial charge is 3.00 e. The Balaban J connectivity index is 0.000000131. The van der Waals surface area contributed by atoms with E-state index >= 15 is 0 Å². The topological polar surface area (TPSA) is 38.7 Å². The van der Waals surface area contributed by atoms with Gasteiger partial charge in [0.1, 0.15) is 0 Å². The molecule has 0 aliphatic rings. The fourth-order valence-corrected chi connectivity index (χ4v) is 5.65. The van der Waals surface area contributed by atoms with Crippen LogP contribution in [0.5, 0.6) is 0 Å². The monoisotopic (exact) mass is 841 g/mol. The Bertz CT molecular complexity index is 2370. The van der Waals surface area contributed by atoms with Gasteiger partial charge in [0, 0.05) is 30.2 Å². The van der Waals surface area contributed by atoms with Gasteiger partial charge in [-0.2, -0.15) is 0 Å². The van der Waals surface area contributed by atoms with Crippen molar-refractivity contribution < 1.29 is 28.9 Å². The molecule has 0 amide bonds. The molecule has 0 atom stereocenters. The Hall–Kier alpha value is -5.94. The van der Waals surface area contributed by atoms with Gasteiger partial charge in [0.15, 0.2) is 0 Å². The molecule has 0 aliphatic heterocycles. The number of hydrogen-bond donors (Lipinski definition) is 0. The Labute approximate surface area is 308 Å². The van der Waals surface area contributed by atoms with Gasteiger partial charge in [0.2, 0.25) is 0 Å². The zero-order valence-electron chi connectivity index (χ0n) is 27.1. The van der Waals surface area contributed by atoms with E-state index in [1.165, 1.54) is 35.0 Å². The van der Waals surface area contributed by atoms with Crippen molar-refractivity contribution in [3.8, 4) is 33.8 Å². The van der Waals surface area contributed by atoms with Crippen LogP contribution in [-0.2, 0) is 20.1 Å². The molecule has 246 valence electrons. The minimum absolute atomic E-state index is 0. The first-order valence-corrected chi connectivity index (χ1v) is 16.0. The Morgan fingerprint density at radius 3 is 1.10 bits per heavy atom. The van der Waals surface area contributed by atoms with Crippen molar-refractivity contribution in [1.29, 1.82) is 0 Å². The van der Waals surface area contributed by atoms with Crippen LogP contribution in [0.4, 0.5) is 8.78 Å². The molecular formula is C45H28F2IrN3. The first kappa shape index (κ1) is 34.9. The maximum atomic E-state index is 12.9. The molecule has 3 aromatic heterocycles. The molecule has 3 heterocycles. The Morgan fingerprint density at radius 2 is 0.745 bits per heavy atom. The quantitative estimate of drug-likeness (QED) is 0.166. The van der Waals surface area contributed by atoms with E-state index in [0.29, 0.717) is 0 Å². The second-order valence-electron chi connectivity index (χ2n) is 11.3. The Kier molecular flexibility index (Phi) is 11.4. The van der Waals surface area contributed by atoms with Crippen molar-refractivity contribution in [2.24, 2.45) is 0 Å². The second kappa shape index (κ2) is 16.6. The smallest absolute Gasteiger partial charge is 0.304 e. The molecule has 9 rings (SSSR count). The third kappa shape index (κ3) is 8.27. The SMILES string of the molecule is Fc1c[c-]c(-c2nccc3ccccc23)cc1.Fc1c[c-]c(-c2nccc3ccccc23)cc1.[Ir+3].[c-]1ccccc1-c1nccc2ccccc12. The summed E-state index contributed by atoms with van der Waals surface area (Å²) < 4.78 is 25.7. The number of rotatable bonds is 3. The van der Waals surface area contributed by atoms with Crippen LogP contribution in [0.1, 0.15) is 0 Å². The van der Waals surface area contributed by atoms with Gasteiger partial charge in [0.05, 0.1) is 0 Å². The summed E-state index contributed by atoms with van der Waals surface area (Å²) in [7, 11) is 0. The van der Waals surface area contributed by atoms with Crippen LogP contribution >= 0.6 is 0 Å². The van der Waals surface area contributed by atoms with Crippen molar-refractivity contribution in [2.75, 3.05) is 0 Å². The maximum absolute atomic E-state index is 12.9. The van der Waals surface area contributed by atoms with Gasteiger partial charge < -0.3 is 15.0 Å². The minimum Gasteiger partial charge on any atom is -0.304 e. The Morgan fingerprint density at radius 1 is 0.373 bits per heavy atom. The van der Waals surface area contributed by atoms with Crippen molar-refractivity contribution in [2.45, 2.75) is 0 Å². The molecule has 0 saturated carbocycles. The number of aromatic nitrogens is 3. The van der Waals surface area contributed by atoms with Crippen LogP contribution < -0.4 is 0 Å². The van der Waals surface area contributed by atoms with Gasteiger partial charge in [-0.3, -0.25) is 8.78 Å². The summed E-state index contributed by atoms with van der Waals surface area (Å²) in [6.07, 6.45) is 5.36. The van der Waals surface area contributed by atoms with Crippen LogP contribution in [0.3, 0.4) is 0 Å².